The molecule has 2 atom stereocenters. The summed E-state index contributed by atoms with van der Waals surface area (Å²) in [5, 5.41) is 10.4. The first-order chi connectivity index (χ1) is 9.69. The zero-order valence-electron chi connectivity index (χ0n) is 11.2. The second-order valence-electron chi connectivity index (χ2n) is 5.68. The van der Waals surface area contributed by atoms with Crippen molar-refractivity contribution in [2.24, 2.45) is 0 Å². The van der Waals surface area contributed by atoms with Crippen LogP contribution in [0.25, 0.3) is 10.9 Å². The molecule has 4 rings (SSSR count). The van der Waals surface area contributed by atoms with Crippen LogP contribution in [0.1, 0.15) is 52.7 Å². The lowest BCUT2D eigenvalue weighted by Gasteiger charge is -2.18. The third kappa shape index (κ3) is 1.42. The molecule has 2 bridgehead atoms. The number of nitrogens with zero attached hydrogens (tertiary/aromatic N) is 1. The Hall–Kier alpha value is -2.10. The van der Waals surface area contributed by atoms with E-state index in [1.807, 2.05) is 12.1 Å². The third-order valence-electron chi connectivity index (χ3n) is 4.70. The van der Waals surface area contributed by atoms with Crippen LogP contribution in [0, 0.1) is 0 Å². The molecule has 2 aliphatic carbocycles. The molecule has 0 saturated heterocycles. The fraction of sp³-hybridized carbons (Fsp3) is 0.375. The van der Waals surface area contributed by atoms with Gasteiger partial charge in [0.15, 0.2) is 0 Å². The van der Waals surface area contributed by atoms with Crippen LogP contribution in [0.5, 0.6) is 5.75 Å². The van der Waals surface area contributed by atoms with E-state index in [2.05, 4.69) is 0 Å². The van der Waals surface area contributed by atoms with E-state index < -0.39 is 5.97 Å². The number of aromatic carboxylic acids is 1. The molecule has 1 heterocycles. The molecule has 4 nitrogen and oxygen atoms in total. The maximum absolute atomic E-state index is 11.8. The summed E-state index contributed by atoms with van der Waals surface area (Å²) < 4.78 is 5.22. The number of hydrogen-bond acceptors (Lipinski definition) is 3. The predicted octanol–water partition coefficient (Wildman–Crippen LogP) is 3.31. The maximum Gasteiger partial charge on any atom is 0.336 e. The Morgan fingerprint density at radius 1 is 1.35 bits per heavy atom. The van der Waals surface area contributed by atoms with Gasteiger partial charge in [-0.25, -0.2) is 4.79 Å². The van der Waals surface area contributed by atoms with Gasteiger partial charge in [-0.3, -0.25) is 4.98 Å². The van der Waals surface area contributed by atoms with Gasteiger partial charge in [-0.1, -0.05) is 0 Å². The predicted molar refractivity (Wildman–Crippen MR) is 74.6 cm³/mol. The third-order valence-corrected chi connectivity index (χ3v) is 4.70. The lowest BCUT2D eigenvalue weighted by Crippen LogP contribution is -2.11. The van der Waals surface area contributed by atoms with E-state index in [4.69, 9.17) is 9.72 Å². The van der Waals surface area contributed by atoms with Crippen molar-refractivity contribution in [1.82, 2.24) is 4.98 Å². The zero-order chi connectivity index (χ0) is 13.9. The molecule has 0 amide bonds. The minimum atomic E-state index is -0.852. The number of ether oxygens (including phenoxy) is 1. The summed E-state index contributed by atoms with van der Waals surface area (Å²) in [6, 6.07) is 5.48. The average Bonchev–Trinajstić information content (AvgIpc) is 3.05. The van der Waals surface area contributed by atoms with E-state index in [-0.39, 0.29) is 0 Å². The molecule has 4 heteroatoms. The largest absolute Gasteiger partial charge is 0.497 e. The molecule has 1 aromatic carbocycles. The molecular weight excluding hydrogens is 254 g/mol. The van der Waals surface area contributed by atoms with Crippen molar-refractivity contribution < 1.29 is 14.6 Å². The zero-order valence-corrected chi connectivity index (χ0v) is 11.2. The number of benzene rings is 1. The van der Waals surface area contributed by atoms with Gasteiger partial charge >= 0.3 is 5.97 Å². The van der Waals surface area contributed by atoms with E-state index in [9.17, 15) is 9.90 Å². The first-order valence-electron chi connectivity index (χ1n) is 6.94. The quantitative estimate of drug-likeness (QED) is 0.908. The Bertz CT molecular complexity index is 738. The summed E-state index contributed by atoms with van der Waals surface area (Å²) in [6.45, 7) is 0. The second-order valence-corrected chi connectivity index (χ2v) is 5.68. The maximum atomic E-state index is 11.8. The Morgan fingerprint density at radius 3 is 2.90 bits per heavy atom. The van der Waals surface area contributed by atoms with E-state index >= 15 is 0 Å². The molecule has 1 saturated carbocycles. The average molecular weight is 269 g/mol. The van der Waals surface area contributed by atoms with Gasteiger partial charge in [0.1, 0.15) is 5.75 Å². The normalized spacial score (nSPS) is 23.1. The van der Waals surface area contributed by atoms with Crippen LogP contribution in [0.15, 0.2) is 18.2 Å². The number of fused-ring (bicyclic) bond motifs is 6. The number of aromatic nitrogens is 1. The monoisotopic (exact) mass is 269 g/mol. The van der Waals surface area contributed by atoms with E-state index in [0.29, 0.717) is 28.5 Å². The van der Waals surface area contributed by atoms with Crippen molar-refractivity contribution >= 4 is 16.9 Å². The number of pyridine rings is 1. The van der Waals surface area contributed by atoms with Gasteiger partial charge in [0.2, 0.25) is 0 Å². The Morgan fingerprint density at radius 2 is 2.15 bits per heavy atom. The van der Waals surface area contributed by atoms with E-state index in [1.165, 1.54) is 0 Å². The minimum absolute atomic E-state index is 0.379. The van der Waals surface area contributed by atoms with Crippen molar-refractivity contribution in [2.75, 3.05) is 7.11 Å². The molecule has 1 N–H and O–H groups in total. The molecule has 2 unspecified atom stereocenters. The highest BCUT2D eigenvalue weighted by Crippen LogP contribution is 2.54. The SMILES string of the molecule is COc1ccc2nc3c(c(C(=O)O)c2c1)C1CCC3C1. The molecule has 1 aromatic heterocycles. The van der Waals surface area contributed by atoms with E-state index in [0.717, 1.165) is 36.0 Å². The number of rotatable bonds is 2. The van der Waals surface area contributed by atoms with Crippen molar-refractivity contribution in [3.8, 4) is 5.75 Å². The van der Waals surface area contributed by atoms with Crippen LogP contribution in [-0.2, 0) is 0 Å². The van der Waals surface area contributed by atoms with Gasteiger partial charge in [-0.15, -0.1) is 0 Å². The Balaban J connectivity index is 2.10. The number of methoxy groups -OCH3 is 1. The fourth-order valence-corrected chi connectivity index (χ4v) is 3.85. The molecular formula is C16H15NO3. The van der Waals surface area contributed by atoms with Crippen LogP contribution in [0.4, 0.5) is 0 Å². The summed E-state index contributed by atoms with van der Waals surface area (Å²) in [5.41, 5.74) is 3.21. The topological polar surface area (TPSA) is 59.4 Å². The summed E-state index contributed by atoms with van der Waals surface area (Å²) in [4.78, 5) is 16.5. The van der Waals surface area contributed by atoms with Gasteiger partial charge in [0.25, 0.3) is 0 Å². The molecule has 2 aromatic rings. The number of carboxylic acid groups (broad SMARTS) is 1. The molecule has 0 spiro atoms. The molecule has 2 aliphatic rings. The van der Waals surface area contributed by atoms with Crippen molar-refractivity contribution in [1.29, 1.82) is 0 Å². The summed E-state index contributed by atoms with van der Waals surface area (Å²) in [7, 11) is 1.59. The van der Waals surface area contributed by atoms with Crippen molar-refractivity contribution in [2.45, 2.75) is 31.1 Å². The fourth-order valence-electron chi connectivity index (χ4n) is 3.85. The smallest absolute Gasteiger partial charge is 0.336 e. The summed E-state index contributed by atoms with van der Waals surface area (Å²) >= 11 is 0. The van der Waals surface area contributed by atoms with Crippen LogP contribution in [0.2, 0.25) is 0 Å². The minimum Gasteiger partial charge on any atom is -0.497 e. The Kier molecular flexibility index (Phi) is 2.31. The van der Waals surface area contributed by atoms with Crippen molar-refractivity contribution in [3.05, 3.63) is 35.0 Å². The molecule has 20 heavy (non-hydrogen) atoms. The lowest BCUT2D eigenvalue weighted by atomic mass is 9.89. The van der Waals surface area contributed by atoms with Gasteiger partial charge in [-0.05, 0) is 48.9 Å². The van der Waals surface area contributed by atoms with Crippen molar-refractivity contribution in [3.63, 3.8) is 0 Å². The van der Waals surface area contributed by atoms with Crippen LogP contribution < -0.4 is 4.74 Å². The van der Waals surface area contributed by atoms with Crippen LogP contribution in [0.3, 0.4) is 0 Å². The van der Waals surface area contributed by atoms with Gasteiger partial charge in [-0.2, -0.15) is 0 Å². The van der Waals surface area contributed by atoms with Crippen LogP contribution in [-0.4, -0.2) is 23.2 Å². The standard InChI is InChI=1S/C16H15NO3/c1-20-10-4-5-12-11(7-10)14(16(18)19)13-8-2-3-9(6-8)15(13)17-12/h4-5,7-9H,2-3,6H2,1H3,(H,18,19). The van der Waals surface area contributed by atoms with E-state index in [1.54, 1.807) is 13.2 Å². The number of carbonyl (C=O) groups is 1. The lowest BCUT2D eigenvalue weighted by molar-refractivity contribution is 0.0697. The first kappa shape index (κ1) is 11.7. The highest BCUT2D eigenvalue weighted by Gasteiger charge is 2.41. The van der Waals surface area contributed by atoms with Gasteiger partial charge in [0, 0.05) is 17.0 Å². The molecule has 0 radical (unpaired) electrons. The first-order valence-corrected chi connectivity index (χ1v) is 6.94. The highest BCUT2D eigenvalue weighted by atomic mass is 16.5. The summed E-state index contributed by atoms with van der Waals surface area (Å²) in [5.74, 6) is 0.656. The van der Waals surface area contributed by atoms with Gasteiger partial charge < -0.3 is 9.84 Å². The second kappa shape index (κ2) is 3.95. The Labute approximate surface area is 116 Å². The molecule has 1 fully saturated rings. The number of hydrogen-bond donors (Lipinski definition) is 1. The van der Waals surface area contributed by atoms with Gasteiger partial charge in [0.05, 0.1) is 18.2 Å². The highest BCUT2D eigenvalue weighted by molar-refractivity contribution is 6.05. The molecule has 0 aliphatic heterocycles. The molecule has 102 valence electrons. The summed E-state index contributed by atoms with van der Waals surface area (Å²) in [6.07, 6.45) is 3.30. The van der Waals surface area contributed by atoms with Crippen LogP contribution >= 0.6 is 0 Å². The number of carboxylic acids is 1.